The highest BCUT2D eigenvalue weighted by atomic mass is 79.9. The third kappa shape index (κ3) is 6.56. The van der Waals surface area contributed by atoms with Gasteiger partial charge < -0.3 is 10.1 Å². The van der Waals surface area contributed by atoms with Crippen LogP contribution in [0.25, 0.3) is 5.69 Å². The van der Waals surface area contributed by atoms with Gasteiger partial charge >= 0.3 is 5.97 Å². The van der Waals surface area contributed by atoms with Crippen LogP contribution < -0.4 is 10.9 Å². The summed E-state index contributed by atoms with van der Waals surface area (Å²) >= 11 is 21.7. The first kappa shape index (κ1) is 27.8. The number of amides is 1. The van der Waals surface area contributed by atoms with Gasteiger partial charge in [0, 0.05) is 10.4 Å². The maximum Gasteiger partial charge on any atom is 0.308 e. The fraction of sp³-hybridized carbons (Fsp3) is 0.500. The minimum atomic E-state index is -0.878. The number of halogens is 4. The van der Waals surface area contributed by atoms with Gasteiger partial charge in [-0.05, 0) is 47.3 Å². The van der Waals surface area contributed by atoms with Crippen molar-refractivity contribution >= 4 is 68.4 Å². The smallest absolute Gasteiger partial charge is 0.308 e. The number of unbranched alkanes of at least 4 members (excludes halogenated alkanes) is 1. The number of aromatic amines is 1. The first-order chi connectivity index (χ1) is 15.4. The van der Waals surface area contributed by atoms with Gasteiger partial charge in [0.1, 0.15) is 16.0 Å². The molecule has 1 aromatic carbocycles. The maximum atomic E-state index is 13.2. The number of rotatable bonds is 10. The zero-order valence-electron chi connectivity index (χ0n) is 18.9. The molecule has 2 atom stereocenters. The number of carbonyl (C=O) groups excluding carboxylic acids is 2. The number of nitrogens with zero attached hydrogens (tertiary/aromatic N) is 1. The predicted molar refractivity (Wildman–Crippen MR) is 136 cm³/mol. The average Bonchev–Trinajstić information content (AvgIpc) is 3.01. The van der Waals surface area contributed by atoms with Crippen LogP contribution in [0.2, 0.25) is 15.1 Å². The van der Waals surface area contributed by atoms with Crippen LogP contribution in [0.3, 0.4) is 0 Å². The Balaban J connectivity index is 2.26. The van der Waals surface area contributed by atoms with Crippen LogP contribution in [0.1, 0.15) is 53.4 Å². The number of carbonyl (C=O) groups is 2. The molecule has 1 amide bonds. The second-order valence-electron chi connectivity index (χ2n) is 8.15. The maximum absolute atomic E-state index is 13.2. The fourth-order valence-corrected chi connectivity index (χ4v) is 4.64. The Morgan fingerprint density at radius 1 is 1.24 bits per heavy atom. The number of benzene rings is 1. The van der Waals surface area contributed by atoms with Gasteiger partial charge in [0.05, 0.1) is 22.6 Å². The highest BCUT2D eigenvalue weighted by Gasteiger charge is 2.36. The molecule has 2 N–H and O–H groups in total. The first-order valence-electron chi connectivity index (χ1n) is 10.6. The highest BCUT2D eigenvalue weighted by Crippen LogP contribution is 2.34. The van der Waals surface area contributed by atoms with Crippen LogP contribution >= 0.6 is 50.7 Å². The van der Waals surface area contributed by atoms with Crippen molar-refractivity contribution in [2.24, 2.45) is 11.3 Å². The van der Waals surface area contributed by atoms with E-state index >= 15 is 0 Å². The van der Waals surface area contributed by atoms with Crippen LogP contribution in [0.4, 0.5) is 5.82 Å². The SMILES string of the molecule is CCCCOC(=O)C(C)CC(C)(CC)C(=O)Nc1[nH]n(-c2c(Cl)cc(Cl)cc2Cl)c(=O)c1Br. The Labute approximate surface area is 216 Å². The van der Waals surface area contributed by atoms with Crippen molar-refractivity contribution in [2.75, 3.05) is 11.9 Å². The minimum absolute atomic E-state index is 0.100. The molecule has 0 fully saturated rings. The van der Waals surface area contributed by atoms with Crippen molar-refractivity contribution in [1.29, 1.82) is 0 Å². The van der Waals surface area contributed by atoms with Crippen LogP contribution in [0, 0.1) is 11.3 Å². The second kappa shape index (κ2) is 11.8. The van der Waals surface area contributed by atoms with E-state index in [1.54, 1.807) is 13.8 Å². The molecule has 0 aliphatic carbocycles. The van der Waals surface area contributed by atoms with E-state index in [1.807, 2.05) is 13.8 Å². The van der Waals surface area contributed by atoms with Crippen molar-refractivity contribution < 1.29 is 14.3 Å². The summed E-state index contributed by atoms with van der Waals surface area (Å²) < 4.78 is 6.51. The molecule has 2 rings (SSSR count). The lowest BCUT2D eigenvalue weighted by molar-refractivity contribution is -0.149. The molecule has 0 saturated heterocycles. The molecule has 2 unspecified atom stereocenters. The van der Waals surface area contributed by atoms with Crippen LogP contribution in [-0.4, -0.2) is 28.3 Å². The number of H-pyrrole nitrogens is 1. The lowest BCUT2D eigenvalue weighted by Gasteiger charge is -2.29. The van der Waals surface area contributed by atoms with E-state index in [0.29, 0.717) is 18.1 Å². The summed E-state index contributed by atoms with van der Waals surface area (Å²) in [5.41, 5.74) is -1.17. The third-order valence-corrected chi connectivity index (χ3v) is 7.04. The lowest BCUT2D eigenvalue weighted by Crippen LogP contribution is -2.36. The fourth-order valence-electron chi connectivity index (χ4n) is 3.29. The predicted octanol–water partition coefficient (Wildman–Crippen LogP) is 6.61. The zero-order chi connectivity index (χ0) is 24.9. The summed E-state index contributed by atoms with van der Waals surface area (Å²) in [4.78, 5) is 38.3. The molecule has 0 saturated carbocycles. The van der Waals surface area contributed by atoms with E-state index in [2.05, 4.69) is 26.3 Å². The molecule has 1 aromatic heterocycles. The van der Waals surface area contributed by atoms with Crippen molar-refractivity contribution in [3.05, 3.63) is 42.0 Å². The molecule has 0 radical (unpaired) electrons. The molecule has 1 heterocycles. The largest absolute Gasteiger partial charge is 0.465 e. The number of aromatic nitrogens is 2. The number of hydrogen-bond acceptors (Lipinski definition) is 4. The van der Waals surface area contributed by atoms with Gasteiger partial charge in [0.15, 0.2) is 0 Å². The molecular weight excluding hydrogens is 557 g/mol. The Kier molecular flexibility index (Phi) is 9.91. The van der Waals surface area contributed by atoms with Gasteiger partial charge in [0.2, 0.25) is 5.91 Å². The number of hydrogen-bond donors (Lipinski definition) is 2. The summed E-state index contributed by atoms with van der Waals surface area (Å²) in [6.07, 6.45) is 2.49. The zero-order valence-corrected chi connectivity index (χ0v) is 22.7. The van der Waals surface area contributed by atoms with Gasteiger partial charge in [-0.25, -0.2) is 4.68 Å². The molecule has 0 spiro atoms. The Bertz CT molecular complexity index is 1060. The van der Waals surface area contributed by atoms with Gasteiger partial charge in [-0.3, -0.25) is 19.5 Å². The number of nitrogens with one attached hydrogen (secondary N) is 2. The number of anilines is 1. The van der Waals surface area contributed by atoms with Crippen molar-refractivity contribution in [3.63, 3.8) is 0 Å². The monoisotopic (exact) mass is 581 g/mol. The van der Waals surface area contributed by atoms with E-state index in [1.165, 1.54) is 12.1 Å². The molecular formula is C22H27BrCl3N3O4. The van der Waals surface area contributed by atoms with E-state index in [-0.39, 0.29) is 44.3 Å². The average molecular weight is 584 g/mol. The van der Waals surface area contributed by atoms with Crippen LogP contribution in [0.15, 0.2) is 21.4 Å². The van der Waals surface area contributed by atoms with Gasteiger partial charge in [-0.2, -0.15) is 0 Å². The van der Waals surface area contributed by atoms with E-state index in [0.717, 1.165) is 17.5 Å². The van der Waals surface area contributed by atoms with Crippen molar-refractivity contribution in [2.45, 2.75) is 53.4 Å². The summed E-state index contributed by atoms with van der Waals surface area (Å²) in [7, 11) is 0. The second-order valence-corrected chi connectivity index (χ2v) is 10.2. The molecule has 7 nitrogen and oxygen atoms in total. The lowest BCUT2D eigenvalue weighted by atomic mass is 9.78. The number of esters is 1. The topological polar surface area (TPSA) is 93.2 Å². The molecule has 0 aliphatic heterocycles. The van der Waals surface area contributed by atoms with E-state index < -0.39 is 16.9 Å². The normalized spacial score (nSPS) is 13.9. The molecule has 0 bridgehead atoms. The Hall–Kier alpha value is -1.48. The quantitative estimate of drug-likeness (QED) is 0.243. The minimum Gasteiger partial charge on any atom is -0.465 e. The molecule has 0 aliphatic rings. The van der Waals surface area contributed by atoms with E-state index in [4.69, 9.17) is 39.5 Å². The highest BCUT2D eigenvalue weighted by molar-refractivity contribution is 9.10. The van der Waals surface area contributed by atoms with Crippen molar-refractivity contribution in [1.82, 2.24) is 9.78 Å². The van der Waals surface area contributed by atoms with Gasteiger partial charge in [-0.15, -0.1) is 0 Å². The van der Waals surface area contributed by atoms with Crippen LogP contribution in [0.5, 0.6) is 0 Å². The van der Waals surface area contributed by atoms with Gasteiger partial charge in [-0.1, -0.05) is 68.9 Å². The first-order valence-corrected chi connectivity index (χ1v) is 12.5. The van der Waals surface area contributed by atoms with Crippen LogP contribution in [-0.2, 0) is 14.3 Å². The summed E-state index contributed by atoms with van der Waals surface area (Å²) in [5.74, 6) is -0.995. The third-order valence-electron chi connectivity index (χ3n) is 5.51. The summed E-state index contributed by atoms with van der Waals surface area (Å²) in [6, 6.07) is 2.91. The standard InChI is InChI=1S/C22H27BrCl3N3O4/c1-5-7-8-33-20(31)12(3)11-22(4,6-2)21(32)27-18-16(23)19(30)29(28-18)17-14(25)9-13(24)10-15(17)26/h9-10,12,28H,5-8,11H2,1-4H3,(H,27,32). The van der Waals surface area contributed by atoms with Gasteiger partial charge in [0.25, 0.3) is 5.56 Å². The molecule has 11 heteroatoms. The molecule has 2 aromatic rings. The summed E-state index contributed by atoms with van der Waals surface area (Å²) in [5, 5.41) is 6.22. The Morgan fingerprint density at radius 3 is 2.39 bits per heavy atom. The van der Waals surface area contributed by atoms with E-state index in [9.17, 15) is 14.4 Å². The molecule has 33 heavy (non-hydrogen) atoms. The van der Waals surface area contributed by atoms with Crippen molar-refractivity contribution in [3.8, 4) is 5.69 Å². The molecule has 182 valence electrons. The number of ether oxygens (including phenoxy) is 1. The summed E-state index contributed by atoms with van der Waals surface area (Å²) in [6.45, 7) is 7.76. The Morgan fingerprint density at radius 2 is 1.85 bits per heavy atom.